The van der Waals surface area contributed by atoms with Gasteiger partial charge in [0.05, 0.1) is 18.9 Å². The van der Waals surface area contributed by atoms with Crippen LogP contribution in [0, 0.1) is 0 Å². The van der Waals surface area contributed by atoms with Crippen molar-refractivity contribution in [3.8, 4) is 0 Å². The Kier molecular flexibility index (Phi) is 7.20. The van der Waals surface area contributed by atoms with E-state index in [-0.39, 0.29) is 24.7 Å². The molecular formula is C9H15ClO4. The van der Waals surface area contributed by atoms with Crippen LogP contribution in [0.2, 0.25) is 0 Å². The molecule has 0 heterocycles. The number of hydrogen-bond acceptors (Lipinski definition) is 4. The van der Waals surface area contributed by atoms with Crippen LogP contribution >= 0.6 is 11.6 Å². The maximum absolute atomic E-state index is 11.0. The van der Waals surface area contributed by atoms with Crippen LogP contribution in [0.5, 0.6) is 0 Å². The minimum atomic E-state index is -0.580. The van der Waals surface area contributed by atoms with Gasteiger partial charge in [-0.15, -0.1) is 11.6 Å². The average Bonchev–Trinajstić information content (AvgIpc) is 2.16. The molecule has 82 valence electrons. The van der Waals surface area contributed by atoms with Gasteiger partial charge in [0.2, 0.25) is 0 Å². The van der Waals surface area contributed by atoms with E-state index >= 15 is 0 Å². The Morgan fingerprint density at radius 1 is 1.29 bits per heavy atom. The summed E-state index contributed by atoms with van der Waals surface area (Å²) in [5, 5.41) is 0. The van der Waals surface area contributed by atoms with Crippen molar-refractivity contribution in [2.24, 2.45) is 0 Å². The summed E-state index contributed by atoms with van der Waals surface area (Å²) in [4.78, 5) is 21.9. The van der Waals surface area contributed by atoms with Crippen molar-refractivity contribution in [1.29, 1.82) is 0 Å². The van der Waals surface area contributed by atoms with E-state index in [0.29, 0.717) is 6.61 Å². The van der Waals surface area contributed by atoms with E-state index in [1.54, 1.807) is 13.8 Å². The van der Waals surface area contributed by atoms with Gasteiger partial charge in [-0.25, -0.2) is 0 Å². The van der Waals surface area contributed by atoms with Crippen LogP contribution in [0.3, 0.4) is 0 Å². The number of ether oxygens (including phenoxy) is 2. The highest BCUT2D eigenvalue weighted by molar-refractivity contribution is 6.18. The molecule has 0 saturated carbocycles. The quantitative estimate of drug-likeness (QED) is 0.505. The molecule has 0 aromatic rings. The van der Waals surface area contributed by atoms with Crippen molar-refractivity contribution in [2.75, 3.05) is 12.5 Å². The van der Waals surface area contributed by atoms with Gasteiger partial charge in [-0.1, -0.05) is 6.92 Å². The van der Waals surface area contributed by atoms with Crippen molar-refractivity contribution < 1.29 is 19.1 Å². The molecule has 0 radical (unpaired) electrons. The molecule has 0 aliphatic rings. The summed E-state index contributed by atoms with van der Waals surface area (Å²) in [6, 6.07) is 0. The molecule has 0 aliphatic carbocycles. The SMILES string of the molecule is CCOC(=O)C[C@@H](CCl)OC(=O)CC. The maximum Gasteiger partial charge on any atom is 0.309 e. The number of hydrogen-bond donors (Lipinski definition) is 0. The minimum Gasteiger partial charge on any atom is -0.466 e. The highest BCUT2D eigenvalue weighted by atomic mass is 35.5. The van der Waals surface area contributed by atoms with E-state index < -0.39 is 12.1 Å². The zero-order valence-electron chi connectivity index (χ0n) is 8.42. The summed E-state index contributed by atoms with van der Waals surface area (Å²) in [6.07, 6.45) is -0.289. The molecular weight excluding hydrogens is 208 g/mol. The summed E-state index contributed by atoms with van der Waals surface area (Å²) >= 11 is 5.53. The van der Waals surface area contributed by atoms with E-state index in [1.165, 1.54) is 0 Å². The number of halogens is 1. The van der Waals surface area contributed by atoms with Crippen molar-refractivity contribution in [2.45, 2.75) is 32.8 Å². The second kappa shape index (κ2) is 7.62. The standard InChI is InChI=1S/C9H15ClO4/c1-3-8(11)14-7(6-10)5-9(12)13-4-2/h7H,3-6H2,1-2H3/t7-/m0/s1. The van der Waals surface area contributed by atoms with E-state index in [4.69, 9.17) is 21.1 Å². The first-order valence-electron chi connectivity index (χ1n) is 4.55. The van der Waals surface area contributed by atoms with Crippen molar-refractivity contribution in [3.63, 3.8) is 0 Å². The van der Waals surface area contributed by atoms with Gasteiger partial charge in [0.1, 0.15) is 6.10 Å². The van der Waals surface area contributed by atoms with Crippen LogP contribution in [-0.2, 0) is 19.1 Å². The molecule has 0 amide bonds. The molecule has 0 aromatic heterocycles. The minimum absolute atomic E-state index is 0.0169. The van der Waals surface area contributed by atoms with E-state index in [1.807, 2.05) is 0 Å². The molecule has 0 bridgehead atoms. The fourth-order valence-electron chi connectivity index (χ4n) is 0.803. The molecule has 14 heavy (non-hydrogen) atoms. The predicted molar refractivity (Wildman–Crippen MR) is 52.1 cm³/mol. The van der Waals surface area contributed by atoms with Gasteiger partial charge in [0.25, 0.3) is 0 Å². The van der Waals surface area contributed by atoms with Gasteiger partial charge in [0.15, 0.2) is 0 Å². The molecule has 0 spiro atoms. The second-order valence-electron chi connectivity index (χ2n) is 2.63. The van der Waals surface area contributed by atoms with Crippen LogP contribution in [0.1, 0.15) is 26.7 Å². The highest BCUT2D eigenvalue weighted by Gasteiger charge is 2.17. The first-order chi connectivity index (χ1) is 6.63. The summed E-state index contributed by atoms with van der Waals surface area (Å²) in [5.74, 6) is -0.660. The van der Waals surface area contributed by atoms with Gasteiger partial charge in [0, 0.05) is 6.42 Å². The number of alkyl halides is 1. The third kappa shape index (κ3) is 5.80. The second-order valence-corrected chi connectivity index (χ2v) is 2.94. The number of carbonyl (C=O) groups excluding carboxylic acids is 2. The predicted octanol–water partition coefficient (Wildman–Crippen LogP) is 1.50. The Morgan fingerprint density at radius 3 is 2.36 bits per heavy atom. The fraction of sp³-hybridized carbons (Fsp3) is 0.778. The maximum atomic E-state index is 11.0. The molecule has 4 nitrogen and oxygen atoms in total. The number of esters is 2. The first-order valence-corrected chi connectivity index (χ1v) is 5.08. The lowest BCUT2D eigenvalue weighted by molar-refractivity contribution is -0.153. The molecule has 0 saturated heterocycles. The van der Waals surface area contributed by atoms with Crippen LogP contribution in [0.25, 0.3) is 0 Å². The molecule has 0 rings (SSSR count). The van der Waals surface area contributed by atoms with Crippen molar-refractivity contribution in [1.82, 2.24) is 0 Å². The Morgan fingerprint density at radius 2 is 1.93 bits per heavy atom. The van der Waals surface area contributed by atoms with E-state index in [0.717, 1.165) is 0 Å². The molecule has 0 unspecified atom stereocenters. The monoisotopic (exact) mass is 222 g/mol. The Balaban J connectivity index is 3.89. The Hall–Kier alpha value is -0.770. The number of carbonyl (C=O) groups is 2. The lowest BCUT2D eigenvalue weighted by atomic mass is 10.3. The molecule has 0 fully saturated rings. The summed E-state index contributed by atoms with van der Waals surface area (Å²) in [6.45, 7) is 3.71. The summed E-state index contributed by atoms with van der Waals surface area (Å²) < 4.78 is 9.59. The highest BCUT2D eigenvalue weighted by Crippen LogP contribution is 2.04. The normalized spacial score (nSPS) is 11.9. The van der Waals surface area contributed by atoms with Gasteiger partial charge in [-0.2, -0.15) is 0 Å². The van der Waals surface area contributed by atoms with Crippen LogP contribution in [0.4, 0.5) is 0 Å². The van der Waals surface area contributed by atoms with Crippen LogP contribution in [0.15, 0.2) is 0 Å². The molecule has 5 heteroatoms. The third-order valence-electron chi connectivity index (χ3n) is 1.46. The first kappa shape index (κ1) is 13.2. The van der Waals surface area contributed by atoms with E-state index in [2.05, 4.69) is 0 Å². The number of rotatable bonds is 6. The van der Waals surface area contributed by atoms with Crippen LogP contribution < -0.4 is 0 Å². The average molecular weight is 223 g/mol. The molecule has 0 aromatic carbocycles. The zero-order valence-corrected chi connectivity index (χ0v) is 9.17. The Bertz CT molecular complexity index is 193. The summed E-state index contributed by atoms with van der Waals surface area (Å²) in [7, 11) is 0. The van der Waals surface area contributed by atoms with Gasteiger partial charge < -0.3 is 9.47 Å². The van der Waals surface area contributed by atoms with Gasteiger partial charge in [-0.05, 0) is 6.92 Å². The Labute approximate surface area is 88.5 Å². The lowest BCUT2D eigenvalue weighted by Crippen LogP contribution is -2.23. The van der Waals surface area contributed by atoms with Crippen molar-refractivity contribution in [3.05, 3.63) is 0 Å². The lowest BCUT2D eigenvalue weighted by Gasteiger charge is -2.13. The van der Waals surface area contributed by atoms with Gasteiger partial charge >= 0.3 is 11.9 Å². The largest absolute Gasteiger partial charge is 0.466 e. The van der Waals surface area contributed by atoms with Crippen LogP contribution in [-0.4, -0.2) is 30.5 Å². The topological polar surface area (TPSA) is 52.6 Å². The van der Waals surface area contributed by atoms with Crippen molar-refractivity contribution >= 4 is 23.5 Å². The van der Waals surface area contributed by atoms with E-state index in [9.17, 15) is 9.59 Å². The van der Waals surface area contributed by atoms with Gasteiger partial charge in [-0.3, -0.25) is 9.59 Å². The molecule has 1 atom stereocenters. The zero-order chi connectivity index (χ0) is 11.0. The molecule has 0 N–H and O–H groups in total. The summed E-state index contributed by atoms with van der Waals surface area (Å²) in [5.41, 5.74) is 0. The fourth-order valence-corrected chi connectivity index (χ4v) is 0.975. The molecule has 0 aliphatic heterocycles. The third-order valence-corrected chi connectivity index (χ3v) is 1.80. The smallest absolute Gasteiger partial charge is 0.309 e.